The lowest BCUT2D eigenvalue weighted by atomic mass is 10.1. The van der Waals surface area contributed by atoms with Gasteiger partial charge in [0.05, 0.1) is 0 Å². The first kappa shape index (κ1) is 15.3. The Morgan fingerprint density at radius 3 is 2.70 bits per heavy atom. The van der Waals surface area contributed by atoms with E-state index in [9.17, 15) is 0 Å². The van der Waals surface area contributed by atoms with Crippen molar-refractivity contribution in [3.8, 4) is 0 Å². The second-order valence-electron chi connectivity index (χ2n) is 6.00. The molecule has 1 aromatic rings. The molecule has 0 saturated carbocycles. The monoisotopic (exact) mass is 275 g/mol. The van der Waals surface area contributed by atoms with Crippen LogP contribution in [0.1, 0.15) is 31.2 Å². The average molecular weight is 275 g/mol. The van der Waals surface area contributed by atoms with Gasteiger partial charge in [-0.05, 0) is 63.1 Å². The fourth-order valence-corrected chi connectivity index (χ4v) is 2.79. The molecule has 0 radical (unpaired) electrons. The van der Waals surface area contributed by atoms with Gasteiger partial charge in [-0.3, -0.25) is 0 Å². The van der Waals surface area contributed by atoms with Crippen molar-refractivity contribution in [3.63, 3.8) is 0 Å². The van der Waals surface area contributed by atoms with E-state index in [1.54, 1.807) is 0 Å². The number of benzene rings is 1. The van der Waals surface area contributed by atoms with Gasteiger partial charge in [-0.15, -0.1) is 0 Å². The van der Waals surface area contributed by atoms with Crippen molar-refractivity contribution in [1.29, 1.82) is 0 Å². The topological polar surface area (TPSA) is 18.5 Å². The zero-order valence-corrected chi connectivity index (χ0v) is 13.1. The van der Waals surface area contributed by atoms with Crippen LogP contribution in [-0.4, -0.2) is 45.2 Å². The second kappa shape index (κ2) is 8.28. The summed E-state index contributed by atoms with van der Waals surface area (Å²) in [5, 5.41) is 3.56. The molecule has 1 aromatic carbocycles. The van der Waals surface area contributed by atoms with E-state index in [1.165, 1.54) is 56.6 Å². The minimum atomic E-state index is 0.974. The smallest absolute Gasteiger partial charge is 0.0364 e. The quantitative estimate of drug-likeness (QED) is 0.772. The largest absolute Gasteiger partial charge is 0.378 e. The molecule has 0 aliphatic carbocycles. The van der Waals surface area contributed by atoms with E-state index in [4.69, 9.17) is 0 Å². The van der Waals surface area contributed by atoms with Gasteiger partial charge in [0.2, 0.25) is 0 Å². The van der Waals surface area contributed by atoms with E-state index in [2.05, 4.69) is 53.5 Å². The average Bonchev–Trinajstić information content (AvgIpc) is 2.48. The summed E-state index contributed by atoms with van der Waals surface area (Å²) in [5.74, 6) is 0. The Balaban J connectivity index is 1.61. The fourth-order valence-electron chi connectivity index (χ4n) is 2.79. The maximum absolute atomic E-state index is 3.56. The predicted octanol–water partition coefficient (Wildman–Crippen LogP) is 2.72. The van der Waals surface area contributed by atoms with Gasteiger partial charge in [0.15, 0.2) is 0 Å². The molecule has 0 aromatic heterocycles. The normalized spacial score (nSPS) is 16.3. The molecule has 0 atom stereocenters. The van der Waals surface area contributed by atoms with E-state index in [0.29, 0.717) is 0 Å². The number of hydrogen-bond donors (Lipinski definition) is 1. The van der Waals surface area contributed by atoms with Crippen molar-refractivity contribution in [2.24, 2.45) is 0 Å². The summed E-state index contributed by atoms with van der Waals surface area (Å²) in [6.07, 6.45) is 5.47. The Kier molecular flexibility index (Phi) is 6.34. The van der Waals surface area contributed by atoms with E-state index in [1.807, 2.05) is 0 Å². The summed E-state index contributed by atoms with van der Waals surface area (Å²) >= 11 is 0. The number of likely N-dealkylation sites (tertiary alicyclic amines) is 1. The molecule has 3 heteroatoms. The number of piperidine rings is 1. The third-order valence-electron chi connectivity index (χ3n) is 4.03. The summed E-state index contributed by atoms with van der Waals surface area (Å²) in [4.78, 5) is 4.76. The standard InChI is InChI=1S/C17H29N3/c1-19(2)17-9-6-8-16(14-17)15-18-10-7-13-20-11-4-3-5-12-20/h6,8-9,14,18H,3-5,7,10-13,15H2,1-2H3. The highest BCUT2D eigenvalue weighted by Gasteiger charge is 2.08. The van der Waals surface area contributed by atoms with Crippen LogP contribution in [0.15, 0.2) is 24.3 Å². The van der Waals surface area contributed by atoms with Crippen LogP contribution in [0.4, 0.5) is 5.69 Å². The highest BCUT2D eigenvalue weighted by atomic mass is 15.1. The third kappa shape index (κ3) is 5.14. The summed E-state index contributed by atoms with van der Waals surface area (Å²) in [6.45, 7) is 5.96. The van der Waals surface area contributed by atoms with E-state index in [0.717, 1.165) is 13.1 Å². The van der Waals surface area contributed by atoms with Crippen LogP contribution in [-0.2, 0) is 6.54 Å². The summed E-state index contributed by atoms with van der Waals surface area (Å²) < 4.78 is 0. The number of nitrogens with one attached hydrogen (secondary N) is 1. The van der Waals surface area contributed by atoms with Gasteiger partial charge in [0.1, 0.15) is 0 Å². The van der Waals surface area contributed by atoms with Crippen molar-refractivity contribution in [3.05, 3.63) is 29.8 Å². The molecule has 0 spiro atoms. The Bertz CT molecular complexity index is 384. The molecule has 2 rings (SSSR count). The molecule has 3 nitrogen and oxygen atoms in total. The summed E-state index contributed by atoms with van der Waals surface area (Å²) in [7, 11) is 4.18. The third-order valence-corrected chi connectivity index (χ3v) is 4.03. The van der Waals surface area contributed by atoms with Crippen LogP contribution in [0.2, 0.25) is 0 Å². The Hall–Kier alpha value is -1.06. The molecular weight excluding hydrogens is 246 g/mol. The minimum Gasteiger partial charge on any atom is -0.378 e. The van der Waals surface area contributed by atoms with Crippen LogP contribution in [0, 0.1) is 0 Å². The first-order valence-corrected chi connectivity index (χ1v) is 7.95. The van der Waals surface area contributed by atoms with Crippen molar-refractivity contribution in [1.82, 2.24) is 10.2 Å². The zero-order chi connectivity index (χ0) is 14.2. The predicted molar refractivity (Wildman–Crippen MR) is 87.4 cm³/mol. The SMILES string of the molecule is CN(C)c1cccc(CNCCCN2CCCCC2)c1. The van der Waals surface area contributed by atoms with Crippen LogP contribution in [0.3, 0.4) is 0 Å². The van der Waals surface area contributed by atoms with E-state index >= 15 is 0 Å². The second-order valence-corrected chi connectivity index (χ2v) is 6.00. The Labute approximate surface area is 124 Å². The Morgan fingerprint density at radius 1 is 1.15 bits per heavy atom. The van der Waals surface area contributed by atoms with Crippen LogP contribution in [0.5, 0.6) is 0 Å². The molecule has 0 amide bonds. The molecular formula is C17H29N3. The van der Waals surface area contributed by atoms with Gasteiger partial charge >= 0.3 is 0 Å². The molecule has 1 aliphatic rings. The van der Waals surface area contributed by atoms with Crippen molar-refractivity contribution >= 4 is 5.69 Å². The van der Waals surface area contributed by atoms with Gasteiger partial charge in [-0.1, -0.05) is 18.6 Å². The van der Waals surface area contributed by atoms with Gasteiger partial charge in [-0.2, -0.15) is 0 Å². The number of rotatable bonds is 7. The van der Waals surface area contributed by atoms with Gasteiger partial charge in [0.25, 0.3) is 0 Å². The lowest BCUT2D eigenvalue weighted by Crippen LogP contribution is -2.32. The first-order valence-electron chi connectivity index (χ1n) is 7.95. The van der Waals surface area contributed by atoms with Crippen molar-refractivity contribution in [2.75, 3.05) is 45.2 Å². The lowest BCUT2D eigenvalue weighted by Gasteiger charge is -2.26. The zero-order valence-electron chi connectivity index (χ0n) is 13.1. The van der Waals surface area contributed by atoms with Crippen LogP contribution >= 0.6 is 0 Å². The van der Waals surface area contributed by atoms with Gasteiger partial charge in [0, 0.05) is 26.3 Å². The molecule has 1 heterocycles. The lowest BCUT2D eigenvalue weighted by molar-refractivity contribution is 0.225. The molecule has 1 saturated heterocycles. The Morgan fingerprint density at radius 2 is 1.95 bits per heavy atom. The number of nitrogens with zero attached hydrogens (tertiary/aromatic N) is 2. The molecule has 1 aliphatic heterocycles. The summed E-state index contributed by atoms with van der Waals surface area (Å²) in [5.41, 5.74) is 2.65. The number of hydrogen-bond acceptors (Lipinski definition) is 3. The van der Waals surface area contributed by atoms with Crippen molar-refractivity contribution < 1.29 is 0 Å². The van der Waals surface area contributed by atoms with E-state index < -0.39 is 0 Å². The highest BCUT2D eigenvalue weighted by molar-refractivity contribution is 5.47. The maximum Gasteiger partial charge on any atom is 0.0364 e. The van der Waals surface area contributed by atoms with Gasteiger partial charge in [-0.25, -0.2) is 0 Å². The molecule has 112 valence electrons. The molecule has 0 unspecified atom stereocenters. The molecule has 1 N–H and O–H groups in total. The van der Waals surface area contributed by atoms with E-state index in [-0.39, 0.29) is 0 Å². The fraction of sp³-hybridized carbons (Fsp3) is 0.647. The molecule has 20 heavy (non-hydrogen) atoms. The minimum absolute atomic E-state index is 0.974. The maximum atomic E-state index is 3.56. The number of anilines is 1. The van der Waals surface area contributed by atoms with Crippen molar-refractivity contribution in [2.45, 2.75) is 32.2 Å². The van der Waals surface area contributed by atoms with Crippen LogP contribution in [0.25, 0.3) is 0 Å². The van der Waals surface area contributed by atoms with Gasteiger partial charge < -0.3 is 15.1 Å². The summed E-state index contributed by atoms with van der Waals surface area (Å²) in [6, 6.07) is 8.75. The first-order chi connectivity index (χ1) is 9.75. The van der Waals surface area contributed by atoms with Crippen LogP contribution < -0.4 is 10.2 Å². The molecule has 1 fully saturated rings. The highest BCUT2D eigenvalue weighted by Crippen LogP contribution is 2.13. The molecule has 0 bridgehead atoms.